The van der Waals surface area contributed by atoms with E-state index in [4.69, 9.17) is 5.73 Å². The highest BCUT2D eigenvalue weighted by atomic mass is 79.9. The monoisotopic (exact) mass is 301 g/mol. The number of fused-ring (bicyclic) bond motifs is 1. The number of rotatable bonds is 1. The summed E-state index contributed by atoms with van der Waals surface area (Å²) in [4.78, 5) is 4.64. The molecular weight excluding hydrogens is 290 g/mol. The van der Waals surface area contributed by atoms with Crippen LogP contribution in [0.1, 0.15) is 5.69 Å². The number of nitrogens with zero attached hydrogens (tertiary/aromatic N) is 2. The zero-order valence-corrected chi connectivity index (χ0v) is 11.5. The van der Waals surface area contributed by atoms with Crippen LogP contribution in [-0.4, -0.2) is 9.38 Å². The van der Waals surface area contributed by atoms with Crippen LogP contribution >= 0.6 is 15.9 Å². The summed E-state index contributed by atoms with van der Waals surface area (Å²) in [7, 11) is 0. The van der Waals surface area contributed by atoms with Crippen molar-refractivity contribution in [1.29, 1.82) is 0 Å². The number of nitrogen functional groups attached to an aromatic ring is 1. The minimum absolute atomic E-state index is 0.676. The summed E-state index contributed by atoms with van der Waals surface area (Å²) < 4.78 is 2.97. The van der Waals surface area contributed by atoms with Crippen molar-refractivity contribution in [3.63, 3.8) is 0 Å². The van der Waals surface area contributed by atoms with E-state index in [-0.39, 0.29) is 0 Å². The van der Waals surface area contributed by atoms with Crippen LogP contribution in [0.5, 0.6) is 0 Å². The fourth-order valence-electron chi connectivity index (χ4n) is 2.12. The Morgan fingerprint density at radius 3 is 2.67 bits per heavy atom. The van der Waals surface area contributed by atoms with Crippen molar-refractivity contribution < 1.29 is 0 Å². The van der Waals surface area contributed by atoms with Crippen LogP contribution in [0.4, 0.5) is 5.69 Å². The van der Waals surface area contributed by atoms with Gasteiger partial charge in [-0.1, -0.05) is 30.3 Å². The van der Waals surface area contributed by atoms with Crippen molar-refractivity contribution >= 4 is 27.3 Å². The molecule has 2 aromatic heterocycles. The second kappa shape index (κ2) is 4.14. The minimum Gasteiger partial charge on any atom is -0.396 e. The highest BCUT2D eigenvalue weighted by Gasteiger charge is 2.12. The van der Waals surface area contributed by atoms with Crippen molar-refractivity contribution in [2.75, 3.05) is 5.73 Å². The lowest BCUT2D eigenvalue weighted by Crippen LogP contribution is -1.93. The summed E-state index contributed by atoms with van der Waals surface area (Å²) in [5.74, 6) is 0. The quantitative estimate of drug-likeness (QED) is 0.745. The third kappa shape index (κ3) is 1.69. The van der Waals surface area contributed by atoms with Gasteiger partial charge >= 0.3 is 0 Å². The summed E-state index contributed by atoms with van der Waals surface area (Å²) in [6.45, 7) is 2.05. The number of pyridine rings is 1. The number of hydrogen-bond donors (Lipinski definition) is 1. The van der Waals surface area contributed by atoms with E-state index in [1.165, 1.54) is 0 Å². The lowest BCUT2D eigenvalue weighted by Gasteiger charge is -2.01. The molecule has 2 heterocycles. The third-order valence-corrected chi connectivity index (χ3v) is 3.43. The molecule has 90 valence electrons. The maximum Gasteiger partial charge on any atom is 0.161 e. The first kappa shape index (κ1) is 11.3. The topological polar surface area (TPSA) is 43.3 Å². The molecule has 1 aromatic carbocycles. The van der Waals surface area contributed by atoms with Crippen LogP contribution in [0.3, 0.4) is 0 Å². The third-order valence-electron chi connectivity index (χ3n) is 3.00. The molecule has 4 heteroatoms. The van der Waals surface area contributed by atoms with Crippen molar-refractivity contribution in [1.82, 2.24) is 9.38 Å². The number of nitrogens with two attached hydrogens (primary N) is 1. The van der Waals surface area contributed by atoms with Gasteiger partial charge in [0.25, 0.3) is 0 Å². The van der Waals surface area contributed by atoms with Gasteiger partial charge in [0.2, 0.25) is 0 Å². The molecule has 0 amide bonds. The van der Waals surface area contributed by atoms with E-state index in [1.54, 1.807) is 0 Å². The largest absolute Gasteiger partial charge is 0.396 e. The van der Waals surface area contributed by atoms with Gasteiger partial charge in [0, 0.05) is 21.9 Å². The van der Waals surface area contributed by atoms with E-state index >= 15 is 0 Å². The Labute approximate surface area is 113 Å². The van der Waals surface area contributed by atoms with E-state index in [1.807, 2.05) is 41.8 Å². The number of imidazole rings is 1. The zero-order valence-electron chi connectivity index (χ0n) is 9.89. The second-order valence-corrected chi connectivity index (χ2v) is 5.13. The van der Waals surface area contributed by atoms with Crippen LogP contribution < -0.4 is 5.73 Å². The van der Waals surface area contributed by atoms with E-state index in [9.17, 15) is 0 Å². The predicted octanol–water partition coefficient (Wildman–Crippen LogP) is 3.65. The van der Waals surface area contributed by atoms with E-state index < -0.39 is 0 Å². The van der Waals surface area contributed by atoms with Gasteiger partial charge in [0.05, 0.1) is 11.4 Å². The normalized spacial score (nSPS) is 11.0. The maximum atomic E-state index is 6.00. The highest BCUT2D eigenvalue weighted by molar-refractivity contribution is 9.10. The van der Waals surface area contributed by atoms with Gasteiger partial charge in [-0.25, -0.2) is 4.98 Å². The molecule has 0 radical (unpaired) electrons. The lowest BCUT2D eigenvalue weighted by molar-refractivity contribution is 1.10. The summed E-state index contributed by atoms with van der Waals surface area (Å²) in [5, 5.41) is 0. The summed E-state index contributed by atoms with van der Waals surface area (Å²) in [6.07, 6.45) is 1.99. The first-order valence-corrected chi connectivity index (χ1v) is 6.45. The first-order chi connectivity index (χ1) is 8.66. The second-order valence-electron chi connectivity index (χ2n) is 4.22. The minimum atomic E-state index is 0.676. The van der Waals surface area contributed by atoms with E-state index in [2.05, 4.69) is 33.0 Å². The van der Waals surface area contributed by atoms with Crippen molar-refractivity contribution in [2.45, 2.75) is 6.92 Å². The van der Waals surface area contributed by atoms with Gasteiger partial charge < -0.3 is 10.1 Å². The fourth-order valence-corrected chi connectivity index (χ4v) is 2.57. The predicted molar refractivity (Wildman–Crippen MR) is 77.5 cm³/mol. The molecular formula is C14H12BrN3. The smallest absolute Gasteiger partial charge is 0.161 e. The molecule has 0 aliphatic heterocycles. The maximum absolute atomic E-state index is 6.00. The fraction of sp³-hybridized carbons (Fsp3) is 0.0714. The van der Waals surface area contributed by atoms with Gasteiger partial charge in [0.15, 0.2) is 5.65 Å². The SMILES string of the molecule is Cc1c(-c2ccccc2)nc2c(N)cc(Br)cn12. The number of aromatic nitrogens is 2. The van der Waals surface area contributed by atoms with Gasteiger partial charge in [-0.2, -0.15) is 0 Å². The molecule has 0 bridgehead atoms. The van der Waals surface area contributed by atoms with Crippen molar-refractivity contribution in [2.24, 2.45) is 0 Å². The number of benzene rings is 1. The molecule has 0 unspecified atom stereocenters. The zero-order chi connectivity index (χ0) is 12.7. The van der Waals surface area contributed by atoms with Gasteiger partial charge in [-0.05, 0) is 28.9 Å². The Bertz CT molecular complexity index is 717. The molecule has 0 fully saturated rings. The molecule has 3 aromatic rings. The van der Waals surface area contributed by atoms with Crippen molar-refractivity contribution in [3.05, 3.63) is 52.8 Å². The number of halogens is 1. The average molecular weight is 302 g/mol. The Morgan fingerprint density at radius 2 is 1.94 bits per heavy atom. The lowest BCUT2D eigenvalue weighted by atomic mass is 10.1. The highest BCUT2D eigenvalue weighted by Crippen LogP contribution is 2.27. The molecule has 0 saturated carbocycles. The van der Waals surface area contributed by atoms with Gasteiger partial charge in [-0.3, -0.25) is 0 Å². The molecule has 0 saturated heterocycles. The van der Waals surface area contributed by atoms with Crippen LogP contribution in [0.25, 0.3) is 16.9 Å². The van der Waals surface area contributed by atoms with Gasteiger partial charge in [0.1, 0.15) is 0 Å². The standard InChI is InChI=1S/C14H12BrN3/c1-9-13(10-5-3-2-4-6-10)17-14-12(16)7-11(15)8-18(9)14/h2-8H,16H2,1H3. The van der Waals surface area contributed by atoms with Crippen LogP contribution in [-0.2, 0) is 0 Å². The van der Waals surface area contributed by atoms with E-state index in [0.717, 1.165) is 27.1 Å². The molecule has 18 heavy (non-hydrogen) atoms. The number of aryl methyl sites for hydroxylation is 1. The Kier molecular flexibility index (Phi) is 2.59. The molecule has 0 spiro atoms. The molecule has 2 N–H and O–H groups in total. The Balaban J connectivity index is 2.33. The molecule has 0 atom stereocenters. The van der Waals surface area contributed by atoms with Crippen LogP contribution in [0, 0.1) is 6.92 Å². The Morgan fingerprint density at radius 1 is 1.22 bits per heavy atom. The first-order valence-electron chi connectivity index (χ1n) is 5.66. The summed E-state index contributed by atoms with van der Waals surface area (Å²) in [6, 6.07) is 12.0. The van der Waals surface area contributed by atoms with Gasteiger partial charge in [-0.15, -0.1) is 0 Å². The molecule has 3 rings (SSSR count). The average Bonchev–Trinajstić information content (AvgIpc) is 2.69. The summed E-state index contributed by atoms with van der Waals surface area (Å²) >= 11 is 3.45. The molecule has 0 aliphatic rings. The molecule has 0 aliphatic carbocycles. The number of hydrogen-bond acceptors (Lipinski definition) is 2. The van der Waals surface area contributed by atoms with Crippen LogP contribution in [0.2, 0.25) is 0 Å². The van der Waals surface area contributed by atoms with E-state index in [0.29, 0.717) is 5.69 Å². The molecule has 3 nitrogen and oxygen atoms in total. The Hall–Kier alpha value is -1.81. The summed E-state index contributed by atoms with van der Waals surface area (Å²) in [5.41, 5.74) is 10.6. The number of anilines is 1. The van der Waals surface area contributed by atoms with Crippen molar-refractivity contribution in [3.8, 4) is 11.3 Å². The van der Waals surface area contributed by atoms with Crippen LogP contribution in [0.15, 0.2) is 47.1 Å².